The van der Waals surface area contributed by atoms with E-state index < -0.39 is 0 Å². The van der Waals surface area contributed by atoms with Gasteiger partial charge in [0.15, 0.2) is 5.75 Å². The lowest BCUT2D eigenvalue weighted by Crippen LogP contribution is -2.07. The molecule has 2 aromatic carbocycles. The van der Waals surface area contributed by atoms with Gasteiger partial charge in [-0.1, -0.05) is 48.5 Å². The minimum Gasteiger partial charge on any atom is -0.491 e. The fraction of sp³-hybridized carbons (Fsp3) is 0.0476. The van der Waals surface area contributed by atoms with E-state index in [1.165, 1.54) is 13.2 Å². The second-order valence-corrected chi connectivity index (χ2v) is 5.81. The predicted octanol–water partition coefficient (Wildman–Crippen LogP) is 4.33. The number of ether oxygens (including phenoxy) is 1. The van der Waals surface area contributed by atoms with Gasteiger partial charge in [-0.3, -0.25) is 4.79 Å². The molecule has 4 rings (SSSR count). The Balaban J connectivity index is 0.00000210. The van der Waals surface area contributed by atoms with Crippen LogP contribution in [0.15, 0.2) is 83.8 Å². The highest BCUT2D eigenvalue weighted by atomic mass is 35.5. The summed E-state index contributed by atoms with van der Waals surface area (Å²) in [5.74, 6) is 0.280. The fourth-order valence-electron chi connectivity index (χ4n) is 2.85. The first-order valence-electron chi connectivity index (χ1n) is 8.24. The van der Waals surface area contributed by atoms with E-state index in [-0.39, 0.29) is 23.6 Å². The summed E-state index contributed by atoms with van der Waals surface area (Å²) in [6.45, 7) is 0. The van der Waals surface area contributed by atoms with Crippen LogP contribution in [0, 0.1) is 0 Å². The summed E-state index contributed by atoms with van der Waals surface area (Å²) in [6, 6.07) is 23.3. The maximum absolute atomic E-state index is 12.2. The molecule has 4 aromatic rings. The van der Waals surface area contributed by atoms with Crippen LogP contribution in [-0.2, 0) is 0 Å². The Labute approximate surface area is 162 Å². The molecule has 0 bridgehead atoms. The van der Waals surface area contributed by atoms with E-state index in [9.17, 15) is 4.79 Å². The first-order valence-corrected chi connectivity index (χ1v) is 8.24. The number of nitrogens with one attached hydrogen (secondary N) is 1. The molecule has 6 heteroatoms. The van der Waals surface area contributed by atoms with Gasteiger partial charge in [0.25, 0.3) is 0 Å². The molecule has 5 nitrogen and oxygen atoms in total. The molecule has 0 saturated carbocycles. The molecule has 0 amide bonds. The van der Waals surface area contributed by atoms with Gasteiger partial charge in [-0.2, -0.15) is 5.10 Å². The summed E-state index contributed by atoms with van der Waals surface area (Å²) in [7, 11) is 1.48. The smallest absolute Gasteiger partial charge is 0.224 e. The molecule has 136 valence electrons. The first kappa shape index (κ1) is 18.5. The molecule has 2 aromatic heterocycles. The number of H-pyrrole nitrogens is 1. The van der Waals surface area contributed by atoms with Gasteiger partial charge in [-0.05, 0) is 18.2 Å². The maximum atomic E-state index is 12.2. The van der Waals surface area contributed by atoms with Crippen molar-refractivity contribution in [2.45, 2.75) is 0 Å². The standard InChI is InChI=1S/C21H17N3O2.ClH/c1-26-21-14-22-18(13-20(21)25)19-12-17(15-8-4-2-5-9-15)23-24(19)16-10-6-3-7-11-16;/h2-14H,1H3,(H,22,25);1H. The molecule has 27 heavy (non-hydrogen) atoms. The summed E-state index contributed by atoms with van der Waals surface area (Å²) in [4.78, 5) is 15.3. The molecular weight excluding hydrogens is 362 g/mol. The quantitative estimate of drug-likeness (QED) is 0.574. The second kappa shape index (κ2) is 7.93. The van der Waals surface area contributed by atoms with Gasteiger partial charge in [0, 0.05) is 17.8 Å². The van der Waals surface area contributed by atoms with Crippen LogP contribution >= 0.6 is 12.4 Å². The Morgan fingerprint density at radius 3 is 2.26 bits per heavy atom. The van der Waals surface area contributed by atoms with Gasteiger partial charge in [-0.25, -0.2) is 4.68 Å². The highest BCUT2D eigenvalue weighted by Crippen LogP contribution is 2.27. The summed E-state index contributed by atoms with van der Waals surface area (Å²) >= 11 is 0. The van der Waals surface area contributed by atoms with E-state index in [4.69, 9.17) is 9.84 Å². The number of hydrogen-bond donors (Lipinski definition) is 1. The summed E-state index contributed by atoms with van der Waals surface area (Å²) in [5, 5.41) is 4.76. The third-order valence-corrected chi connectivity index (χ3v) is 4.15. The number of pyridine rings is 1. The van der Waals surface area contributed by atoms with Gasteiger partial charge in [0.1, 0.15) is 0 Å². The largest absolute Gasteiger partial charge is 0.491 e. The average molecular weight is 380 g/mol. The SMILES string of the molecule is COc1c[nH]c(-c2cc(-c3ccccc3)nn2-c2ccccc2)cc1=O.Cl. The number of methoxy groups -OCH3 is 1. The molecule has 0 radical (unpaired) electrons. The highest BCUT2D eigenvalue weighted by Gasteiger charge is 2.14. The van der Waals surface area contributed by atoms with Crippen molar-refractivity contribution >= 4 is 12.4 Å². The van der Waals surface area contributed by atoms with Gasteiger partial charge < -0.3 is 9.72 Å². The molecule has 0 unspecified atom stereocenters. The zero-order valence-corrected chi connectivity index (χ0v) is 15.4. The molecule has 0 atom stereocenters. The molecule has 0 aliphatic rings. The van der Waals surface area contributed by atoms with Crippen molar-refractivity contribution in [3.05, 3.63) is 89.2 Å². The summed E-state index contributed by atoms with van der Waals surface area (Å²) in [6.07, 6.45) is 1.57. The van der Waals surface area contributed by atoms with Crippen LogP contribution in [0.5, 0.6) is 5.75 Å². The van der Waals surface area contributed by atoms with Crippen molar-refractivity contribution < 1.29 is 4.74 Å². The van der Waals surface area contributed by atoms with Crippen LogP contribution in [0.4, 0.5) is 0 Å². The lowest BCUT2D eigenvalue weighted by atomic mass is 10.1. The molecule has 0 aliphatic heterocycles. The minimum absolute atomic E-state index is 0. The number of rotatable bonds is 4. The van der Waals surface area contributed by atoms with Crippen LogP contribution in [0.2, 0.25) is 0 Å². The van der Waals surface area contributed by atoms with Crippen molar-refractivity contribution in [1.29, 1.82) is 0 Å². The van der Waals surface area contributed by atoms with Crippen molar-refractivity contribution in [3.63, 3.8) is 0 Å². The number of halogens is 1. The number of benzene rings is 2. The van der Waals surface area contributed by atoms with E-state index in [1.807, 2.05) is 71.4 Å². The van der Waals surface area contributed by atoms with Gasteiger partial charge in [0.05, 0.1) is 29.9 Å². The molecule has 0 fully saturated rings. The van der Waals surface area contributed by atoms with Crippen molar-refractivity contribution in [2.24, 2.45) is 0 Å². The van der Waals surface area contributed by atoms with E-state index in [0.717, 1.165) is 22.6 Å². The summed E-state index contributed by atoms with van der Waals surface area (Å²) in [5.41, 5.74) is 4.06. The number of hydrogen-bond acceptors (Lipinski definition) is 3. The van der Waals surface area contributed by atoms with E-state index in [2.05, 4.69) is 4.98 Å². The van der Waals surface area contributed by atoms with Gasteiger partial charge in [0.2, 0.25) is 5.43 Å². The lowest BCUT2D eigenvalue weighted by Gasteiger charge is -2.08. The second-order valence-electron chi connectivity index (χ2n) is 5.81. The zero-order chi connectivity index (χ0) is 17.9. The normalized spacial score (nSPS) is 10.3. The number of aromatic amines is 1. The Bertz CT molecular complexity index is 1090. The maximum Gasteiger partial charge on any atom is 0.224 e. The number of para-hydroxylation sites is 1. The molecule has 0 aliphatic carbocycles. The Morgan fingerprint density at radius 2 is 1.63 bits per heavy atom. The number of nitrogens with zero attached hydrogens (tertiary/aromatic N) is 2. The van der Waals surface area contributed by atoms with Crippen LogP contribution in [0.3, 0.4) is 0 Å². The monoisotopic (exact) mass is 379 g/mol. The lowest BCUT2D eigenvalue weighted by molar-refractivity contribution is 0.409. The summed E-state index contributed by atoms with van der Waals surface area (Å²) < 4.78 is 6.89. The van der Waals surface area contributed by atoms with Crippen LogP contribution < -0.4 is 10.2 Å². The first-order chi connectivity index (χ1) is 12.8. The number of aromatic nitrogens is 3. The molecule has 0 saturated heterocycles. The minimum atomic E-state index is -0.177. The fourth-order valence-corrected chi connectivity index (χ4v) is 2.85. The molecular formula is C21H18ClN3O2. The average Bonchev–Trinajstić information content (AvgIpc) is 3.15. The van der Waals surface area contributed by atoms with Crippen molar-refractivity contribution in [1.82, 2.24) is 14.8 Å². The van der Waals surface area contributed by atoms with Crippen LogP contribution in [0.25, 0.3) is 28.3 Å². The third-order valence-electron chi connectivity index (χ3n) is 4.15. The van der Waals surface area contributed by atoms with E-state index in [1.54, 1.807) is 6.20 Å². The van der Waals surface area contributed by atoms with E-state index in [0.29, 0.717) is 5.69 Å². The Kier molecular flexibility index (Phi) is 5.43. The zero-order valence-electron chi connectivity index (χ0n) is 14.6. The highest BCUT2D eigenvalue weighted by molar-refractivity contribution is 5.85. The third kappa shape index (κ3) is 3.64. The van der Waals surface area contributed by atoms with Gasteiger partial charge >= 0.3 is 0 Å². The van der Waals surface area contributed by atoms with E-state index >= 15 is 0 Å². The predicted molar refractivity (Wildman–Crippen MR) is 109 cm³/mol. The molecule has 0 spiro atoms. The van der Waals surface area contributed by atoms with Crippen molar-refractivity contribution in [2.75, 3.05) is 7.11 Å². The topological polar surface area (TPSA) is 59.9 Å². The van der Waals surface area contributed by atoms with Crippen LogP contribution in [-0.4, -0.2) is 21.9 Å². The van der Waals surface area contributed by atoms with Crippen LogP contribution in [0.1, 0.15) is 0 Å². The molecule has 2 heterocycles. The van der Waals surface area contributed by atoms with Gasteiger partial charge in [-0.15, -0.1) is 12.4 Å². The Hall–Kier alpha value is -3.31. The Morgan fingerprint density at radius 1 is 0.963 bits per heavy atom. The van der Waals surface area contributed by atoms with Crippen molar-refractivity contribution in [3.8, 4) is 34.1 Å². The molecule has 1 N–H and O–H groups in total.